The molecule has 29 heavy (non-hydrogen) atoms. The zero-order valence-corrected chi connectivity index (χ0v) is 18.0. The second kappa shape index (κ2) is 8.78. The fourth-order valence-electron chi connectivity index (χ4n) is 3.72. The fraction of sp³-hybridized carbons (Fsp3) is 0.167. The van der Waals surface area contributed by atoms with E-state index in [0.29, 0.717) is 29.3 Å². The molecule has 3 aromatic rings. The molecule has 4 rings (SSSR count). The molecule has 1 saturated heterocycles. The number of rotatable bonds is 4. The molecular weight excluding hydrogens is 475 g/mol. The van der Waals surface area contributed by atoms with Crippen molar-refractivity contribution in [1.29, 1.82) is 0 Å². The highest BCUT2D eigenvalue weighted by molar-refractivity contribution is 14.1. The Morgan fingerprint density at radius 2 is 1.69 bits per heavy atom. The van der Waals surface area contributed by atoms with Crippen LogP contribution in [0.15, 0.2) is 78.9 Å². The number of amides is 2. The third-order valence-electron chi connectivity index (χ3n) is 5.24. The van der Waals surface area contributed by atoms with Gasteiger partial charge in [0.1, 0.15) is 0 Å². The van der Waals surface area contributed by atoms with Gasteiger partial charge in [-0.3, -0.25) is 9.59 Å². The summed E-state index contributed by atoms with van der Waals surface area (Å²) >= 11 is 2.18. The van der Waals surface area contributed by atoms with Gasteiger partial charge in [0.05, 0.1) is 11.3 Å². The standard InChI is InChI=1S/C24H21IN2O2/c25-20-10-6-9-18(15-20)23(28)26-22-12-5-4-11-21(22)24(29)27-14-13-19(16-27)17-7-2-1-3-8-17/h1-12,15,19H,13-14,16H2,(H,26,28). The van der Waals surface area contributed by atoms with Gasteiger partial charge in [-0.05, 0) is 64.9 Å². The molecule has 1 N–H and O–H groups in total. The van der Waals surface area contributed by atoms with E-state index in [1.54, 1.807) is 18.2 Å². The molecule has 0 spiro atoms. The summed E-state index contributed by atoms with van der Waals surface area (Å²) in [5.74, 6) is 0.0996. The van der Waals surface area contributed by atoms with E-state index in [1.807, 2.05) is 53.4 Å². The zero-order valence-electron chi connectivity index (χ0n) is 15.8. The SMILES string of the molecule is O=C(Nc1ccccc1C(=O)N1CCC(c2ccccc2)C1)c1cccc(I)c1. The van der Waals surface area contributed by atoms with E-state index in [1.165, 1.54) is 5.56 Å². The summed E-state index contributed by atoms with van der Waals surface area (Å²) in [6.07, 6.45) is 0.951. The van der Waals surface area contributed by atoms with E-state index in [0.717, 1.165) is 16.5 Å². The third kappa shape index (κ3) is 4.50. The van der Waals surface area contributed by atoms with Crippen molar-refractivity contribution >= 4 is 40.1 Å². The molecule has 1 unspecified atom stereocenters. The van der Waals surface area contributed by atoms with Crippen LogP contribution in [-0.4, -0.2) is 29.8 Å². The average Bonchev–Trinajstić information content (AvgIpc) is 3.25. The number of anilines is 1. The number of hydrogen-bond acceptors (Lipinski definition) is 2. The Bertz CT molecular complexity index is 1040. The Hall–Kier alpha value is -2.67. The average molecular weight is 496 g/mol. The van der Waals surface area contributed by atoms with Crippen molar-refractivity contribution in [3.63, 3.8) is 0 Å². The molecule has 0 bridgehead atoms. The van der Waals surface area contributed by atoms with Gasteiger partial charge >= 0.3 is 0 Å². The first-order valence-corrected chi connectivity index (χ1v) is 10.7. The molecule has 0 saturated carbocycles. The molecule has 3 aromatic carbocycles. The first kappa shape index (κ1) is 19.6. The van der Waals surface area contributed by atoms with E-state index >= 15 is 0 Å². The second-order valence-corrected chi connectivity index (χ2v) is 8.40. The topological polar surface area (TPSA) is 49.4 Å². The molecule has 0 aromatic heterocycles. The minimum absolute atomic E-state index is 0.0398. The van der Waals surface area contributed by atoms with Crippen molar-refractivity contribution in [2.24, 2.45) is 0 Å². The number of nitrogens with one attached hydrogen (secondary N) is 1. The maximum absolute atomic E-state index is 13.2. The van der Waals surface area contributed by atoms with Gasteiger partial charge in [0.15, 0.2) is 0 Å². The van der Waals surface area contributed by atoms with Gasteiger partial charge in [0.25, 0.3) is 11.8 Å². The van der Waals surface area contributed by atoms with Crippen molar-refractivity contribution < 1.29 is 9.59 Å². The predicted octanol–water partition coefficient (Wildman–Crippen LogP) is 5.17. The molecule has 1 aliphatic rings. The Morgan fingerprint density at radius 3 is 2.48 bits per heavy atom. The molecule has 1 heterocycles. The molecule has 146 valence electrons. The molecule has 4 nitrogen and oxygen atoms in total. The predicted molar refractivity (Wildman–Crippen MR) is 123 cm³/mol. The van der Waals surface area contributed by atoms with Gasteiger partial charge in [0, 0.05) is 28.1 Å². The van der Waals surface area contributed by atoms with Crippen LogP contribution in [0.4, 0.5) is 5.69 Å². The highest BCUT2D eigenvalue weighted by atomic mass is 127. The van der Waals surface area contributed by atoms with E-state index in [9.17, 15) is 9.59 Å². The van der Waals surface area contributed by atoms with Gasteiger partial charge in [-0.25, -0.2) is 0 Å². The Kier molecular flexibility index (Phi) is 5.94. The van der Waals surface area contributed by atoms with Crippen LogP contribution < -0.4 is 5.32 Å². The summed E-state index contributed by atoms with van der Waals surface area (Å²) < 4.78 is 0.989. The van der Waals surface area contributed by atoms with Gasteiger partial charge < -0.3 is 10.2 Å². The van der Waals surface area contributed by atoms with Crippen LogP contribution in [0.25, 0.3) is 0 Å². The summed E-state index contributed by atoms with van der Waals surface area (Å²) in [4.78, 5) is 27.7. The lowest BCUT2D eigenvalue weighted by Gasteiger charge is -2.19. The number of nitrogens with zero attached hydrogens (tertiary/aromatic N) is 1. The normalized spacial score (nSPS) is 15.9. The first-order valence-electron chi connectivity index (χ1n) is 9.62. The fourth-order valence-corrected chi connectivity index (χ4v) is 4.26. The van der Waals surface area contributed by atoms with E-state index < -0.39 is 0 Å². The highest BCUT2D eigenvalue weighted by Gasteiger charge is 2.29. The lowest BCUT2D eigenvalue weighted by Crippen LogP contribution is -2.29. The number of hydrogen-bond donors (Lipinski definition) is 1. The van der Waals surface area contributed by atoms with E-state index in [2.05, 4.69) is 40.0 Å². The maximum Gasteiger partial charge on any atom is 0.255 e. The van der Waals surface area contributed by atoms with Crippen molar-refractivity contribution in [2.75, 3.05) is 18.4 Å². The molecule has 5 heteroatoms. The van der Waals surface area contributed by atoms with Gasteiger partial charge in [0.2, 0.25) is 0 Å². The minimum Gasteiger partial charge on any atom is -0.338 e. The van der Waals surface area contributed by atoms with Crippen molar-refractivity contribution in [1.82, 2.24) is 4.90 Å². The van der Waals surface area contributed by atoms with Crippen LogP contribution in [-0.2, 0) is 0 Å². The van der Waals surface area contributed by atoms with Crippen LogP contribution in [0.1, 0.15) is 38.6 Å². The summed E-state index contributed by atoms with van der Waals surface area (Å²) in [7, 11) is 0. The van der Waals surface area contributed by atoms with Crippen molar-refractivity contribution in [3.05, 3.63) is 99.1 Å². The molecule has 1 atom stereocenters. The molecular formula is C24H21IN2O2. The maximum atomic E-state index is 13.2. The second-order valence-electron chi connectivity index (χ2n) is 7.16. The van der Waals surface area contributed by atoms with Gasteiger partial charge in [-0.1, -0.05) is 48.5 Å². The summed E-state index contributed by atoms with van der Waals surface area (Å²) in [6, 6.07) is 24.9. The quantitative estimate of drug-likeness (QED) is 0.507. The van der Waals surface area contributed by atoms with E-state index in [4.69, 9.17) is 0 Å². The number of benzene rings is 3. The Balaban J connectivity index is 1.51. The van der Waals surface area contributed by atoms with Crippen LogP contribution in [0.3, 0.4) is 0 Å². The first-order chi connectivity index (χ1) is 14.1. The summed E-state index contributed by atoms with van der Waals surface area (Å²) in [6.45, 7) is 1.42. The lowest BCUT2D eigenvalue weighted by atomic mass is 9.99. The number of likely N-dealkylation sites (tertiary alicyclic amines) is 1. The van der Waals surface area contributed by atoms with Gasteiger partial charge in [-0.2, -0.15) is 0 Å². The molecule has 0 radical (unpaired) electrons. The van der Waals surface area contributed by atoms with E-state index in [-0.39, 0.29) is 11.8 Å². The van der Waals surface area contributed by atoms with Crippen molar-refractivity contribution in [3.8, 4) is 0 Å². The monoisotopic (exact) mass is 496 g/mol. The van der Waals surface area contributed by atoms with Crippen LogP contribution >= 0.6 is 22.6 Å². The smallest absolute Gasteiger partial charge is 0.255 e. The Morgan fingerprint density at radius 1 is 0.931 bits per heavy atom. The highest BCUT2D eigenvalue weighted by Crippen LogP contribution is 2.29. The number of halogens is 1. The minimum atomic E-state index is -0.215. The number of para-hydroxylation sites is 1. The van der Waals surface area contributed by atoms with Crippen molar-refractivity contribution in [2.45, 2.75) is 12.3 Å². The van der Waals surface area contributed by atoms with Crippen LogP contribution in [0.5, 0.6) is 0 Å². The lowest BCUT2D eigenvalue weighted by molar-refractivity contribution is 0.0792. The number of carbonyl (C=O) groups is 2. The third-order valence-corrected chi connectivity index (χ3v) is 5.91. The number of carbonyl (C=O) groups excluding carboxylic acids is 2. The molecule has 1 aliphatic heterocycles. The van der Waals surface area contributed by atoms with Crippen LogP contribution in [0.2, 0.25) is 0 Å². The molecule has 1 fully saturated rings. The largest absolute Gasteiger partial charge is 0.338 e. The van der Waals surface area contributed by atoms with Crippen LogP contribution in [0, 0.1) is 3.57 Å². The summed E-state index contributed by atoms with van der Waals surface area (Å²) in [5.41, 5.74) is 2.91. The zero-order chi connectivity index (χ0) is 20.2. The molecule has 2 amide bonds. The molecule has 0 aliphatic carbocycles. The Labute approximate surface area is 184 Å². The van der Waals surface area contributed by atoms with Gasteiger partial charge in [-0.15, -0.1) is 0 Å². The summed E-state index contributed by atoms with van der Waals surface area (Å²) in [5, 5.41) is 2.91.